The molecule has 0 aliphatic carbocycles. The maximum Gasteiger partial charge on any atom is 0.277 e. The molecule has 1 N–H and O–H groups in total. The van der Waals surface area contributed by atoms with Gasteiger partial charge >= 0.3 is 0 Å². The van der Waals surface area contributed by atoms with Crippen LogP contribution in [0, 0.1) is 6.92 Å². The number of carbonyl (C=O) groups excluding carboxylic acids is 1. The molecule has 33 heavy (non-hydrogen) atoms. The van der Waals surface area contributed by atoms with Gasteiger partial charge in [-0.05, 0) is 42.3 Å². The summed E-state index contributed by atoms with van der Waals surface area (Å²) >= 11 is 6.13. The fraction of sp³-hybridized carbons (Fsp3) is 0.360. The number of amides is 1. The van der Waals surface area contributed by atoms with Gasteiger partial charge in [0, 0.05) is 63.2 Å². The van der Waals surface area contributed by atoms with Crippen molar-refractivity contribution < 1.29 is 9.21 Å². The zero-order valence-electron chi connectivity index (χ0n) is 19.3. The normalized spacial score (nSPS) is 14.9. The van der Waals surface area contributed by atoms with Crippen LogP contribution in [0.5, 0.6) is 0 Å². The predicted octanol–water partition coefficient (Wildman–Crippen LogP) is 4.27. The van der Waals surface area contributed by atoms with E-state index in [0.717, 1.165) is 38.3 Å². The van der Waals surface area contributed by atoms with Crippen LogP contribution >= 0.6 is 11.6 Å². The molecule has 0 atom stereocenters. The Labute approximate surface area is 199 Å². The summed E-state index contributed by atoms with van der Waals surface area (Å²) in [5.41, 5.74) is 4.40. The second-order valence-corrected chi connectivity index (χ2v) is 9.06. The first kappa shape index (κ1) is 23.3. The van der Waals surface area contributed by atoms with E-state index in [1.54, 1.807) is 6.07 Å². The molecule has 0 bridgehead atoms. The van der Waals surface area contributed by atoms with E-state index in [1.807, 2.05) is 19.1 Å². The maximum absolute atomic E-state index is 12.5. The molecule has 0 radical (unpaired) electrons. The Morgan fingerprint density at radius 3 is 2.36 bits per heavy atom. The number of hydrogen-bond donors (Lipinski definition) is 1. The SMILES string of the molecule is Cc1ccc(NC(=O)c2coc(CN3CCN(Cc4ccc(N(C)C)cc4)CC3)n2)cc1Cl. The van der Waals surface area contributed by atoms with Gasteiger partial charge in [-0.2, -0.15) is 0 Å². The molecule has 2 aromatic carbocycles. The van der Waals surface area contributed by atoms with Crippen LogP contribution in [0.25, 0.3) is 0 Å². The third kappa shape index (κ3) is 6.13. The van der Waals surface area contributed by atoms with Gasteiger partial charge in [-0.15, -0.1) is 0 Å². The average molecular weight is 468 g/mol. The Kier molecular flexibility index (Phi) is 7.33. The highest BCUT2D eigenvalue weighted by atomic mass is 35.5. The second kappa shape index (κ2) is 10.4. The Bertz CT molecular complexity index is 1090. The van der Waals surface area contributed by atoms with Crippen molar-refractivity contribution in [1.82, 2.24) is 14.8 Å². The number of oxazole rings is 1. The van der Waals surface area contributed by atoms with Crippen LogP contribution in [0.2, 0.25) is 5.02 Å². The smallest absolute Gasteiger partial charge is 0.277 e. The molecule has 1 aromatic heterocycles. The molecule has 0 unspecified atom stereocenters. The minimum atomic E-state index is -0.310. The highest BCUT2D eigenvalue weighted by Crippen LogP contribution is 2.21. The van der Waals surface area contributed by atoms with E-state index in [-0.39, 0.29) is 11.6 Å². The first-order valence-electron chi connectivity index (χ1n) is 11.1. The van der Waals surface area contributed by atoms with Gasteiger partial charge < -0.3 is 14.6 Å². The van der Waals surface area contributed by atoms with Crippen molar-refractivity contribution in [1.29, 1.82) is 0 Å². The molecule has 8 heteroatoms. The number of rotatable bonds is 7. The molecule has 3 aromatic rings. The van der Waals surface area contributed by atoms with Gasteiger partial charge in [-0.25, -0.2) is 4.98 Å². The summed E-state index contributed by atoms with van der Waals surface area (Å²) in [5.74, 6) is 0.241. The van der Waals surface area contributed by atoms with E-state index in [9.17, 15) is 4.79 Å². The largest absolute Gasteiger partial charge is 0.447 e. The van der Waals surface area contributed by atoms with E-state index in [0.29, 0.717) is 23.1 Å². The number of aryl methyl sites for hydroxylation is 1. The second-order valence-electron chi connectivity index (χ2n) is 8.66. The van der Waals surface area contributed by atoms with Crippen LogP contribution in [-0.2, 0) is 13.1 Å². The number of piperazine rings is 1. The number of aromatic nitrogens is 1. The minimum Gasteiger partial charge on any atom is -0.447 e. The van der Waals surface area contributed by atoms with E-state index < -0.39 is 0 Å². The Morgan fingerprint density at radius 1 is 1.06 bits per heavy atom. The number of halogens is 1. The number of anilines is 2. The van der Waals surface area contributed by atoms with Gasteiger partial charge in [0.2, 0.25) is 5.89 Å². The number of carbonyl (C=O) groups is 1. The zero-order chi connectivity index (χ0) is 23.4. The van der Waals surface area contributed by atoms with Gasteiger partial charge in [-0.1, -0.05) is 29.8 Å². The average Bonchev–Trinajstić information content (AvgIpc) is 3.27. The third-order valence-corrected chi connectivity index (χ3v) is 6.30. The van der Waals surface area contributed by atoms with Gasteiger partial charge in [-0.3, -0.25) is 14.6 Å². The lowest BCUT2D eigenvalue weighted by atomic mass is 10.1. The van der Waals surface area contributed by atoms with Gasteiger partial charge in [0.15, 0.2) is 5.69 Å². The van der Waals surface area contributed by atoms with Gasteiger partial charge in [0.25, 0.3) is 5.91 Å². The van der Waals surface area contributed by atoms with Crippen molar-refractivity contribution in [2.24, 2.45) is 0 Å². The standard InChI is InChI=1S/C25H30ClN5O2/c1-18-4-7-20(14-22(18)26)27-25(32)23-17-33-24(28-23)16-31-12-10-30(11-13-31)15-19-5-8-21(9-6-19)29(2)3/h4-9,14,17H,10-13,15-16H2,1-3H3,(H,27,32). The lowest BCUT2D eigenvalue weighted by Crippen LogP contribution is -2.45. The summed E-state index contributed by atoms with van der Waals surface area (Å²) in [4.78, 5) is 23.7. The fourth-order valence-electron chi connectivity index (χ4n) is 3.81. The summed E-state index contributed by atoms with van der Waals surface area (Å²) in [6.45, 7) is 7.29. The summed E-state index contributed by atoms with van der Waals surface area (Å²) < 4.78 is 5.56. The number of benzene rings is 2. The minimum absolute atomic E-state index is 0.265. The Morgan fingerprint density at radius 2 is 1.73 bits per heavy atom. The lowest BCUT2D eigenvalue weighted by molar-refractivity contribution is 0.102. The van der Waals surface area contributed by atoms with Crippen molar-refractivity contribution in [2.45, 2.75) is 20.0 Å². The highest BCUT2D eigenvalue weighted by Gasteiger charge is 2.20. The number of hydrogen-bond acceptors (Lipinski definition) is 6. The molecule has 0 spiro atoms. The van der Waals surface area contributed by atoms with Crippen molar-refractivity contribution in [2.75, 3.05) is 50.5 Å². The number of nitrogens with one attached hydrogen (secondary N) is 1. The molecular formula is C25H30ClN5O2. The molecule has 1 aliphatic heterocycles. The van der Waals surface area contributed by atoms with Crippen LogP contribution in [0.15, 0.2) is 53.1 Å². The maximum atomic E-state index is 12.5. The monoisotopic (exact) mass is 467 g/mol. The molecule has 7 nitrogen and oxygen atoms in total. The quantitative estimate of drug-likeness (QED) is 0.559. The van der Waals surface area contributed by atoms with Crippen LogP contribution in [-0.4, -0.2) is 61.0 Å². The van der Waals surface area contributed by atoms with Crippen molar-refractivity contribution in [3.05, 3.63) is 76.5 Å². The van der Waals surface area contributed by atoms with E-state index in [2.05, 4.69) is 63.4 Å². The molecule has 4 rings (SSSR count). The third-order valence-electron chi connectivity index (χ3n) is 5.90. The van der Waals surface area contributed by atoms with Gasteiger partial charge in [0.1, 0.15) is 6.26 Å². The summed E-state index contributed by atoms with van der Waals surface area (Å²) in [7, 11) is 4.11. The topological polar surface area (TPSA) is 64.9 Å². The van der Waals surface area contributed by atoms with Crippen LogP contribution in [0.4, 0.5) is 11.4 Å². The van der Waals surface area contributed by atoms with E-state index in [1.165, 1.54) is 17.5 Å². The fourth-order valence-corrected chi connectivity index (χ4v) is 3.99. The van der Waals surface area contributed by atoms with Crippen LogP contribution in [0.1, 0.15) is 27.5 Å². The van der Waals surface area contributed by atoms with E-state index in [4.69, 9.17) is 16.0 Å². The molecule has 1 amide bonds. The Hall–Kier alpha value is -2.87. The summed E-state index contributed by atoms with van der Waals surface area (Å²) in [6, 6.07) is 14.1. The first-order valence-corrected chi connectivity index (χ1v) is 11.5. The van der Waals surface area contributed by atoms with Gasteiger partial charge in [0.05, 0.1) is 6.54 Å². The Balaban J connectivity index is 1.25. The molecule has 2 heterocycles. The molecular weight excluding hydrogens is 438 g/mol. The zero-order valence-corrected chi connectivity index (χ0v) is 20.1. The molecule has 1 aliphatic rings. The lowest BCUT2D eigenvalue weighted by Gasteiger charge is -2.34. The van der Waals surface area contributed by atoms with Crippen molar-refractivity contribution in [3.8, 4) is 0 Å². The van der Waals surface area contributed by atoms with Crippen LogP contribution < -0.4 is 10.2 Å². The van der Waals surface area contributed by atoms with Crippen molar-refractivity contribution >= 4 is 28.9 Å². The molecule has 1 fully saturated rings. The molecule has 174 valence electrons. The molecule has 0 saturated carbocycles. The summed E-state index contributed by atoms with van der Waals surface area (Å²) in [6.07, 6.45) is 1.41. The van der Waals surface area contributed by atoms with Crippen LogP contribution in [0.3, 0.4) is 0 Å². The number of nitrogens with zero attached hydrogens (tertiary/aromatic N) is 4. The summed E-state index contributed by atoms with van der Waals surface area (Å²) in [5, 5.41) is 3.42. The predicted molar refractivity (Wildman–Crippen MR) is 132 cm³/mol. The highest BCUT2D eigenvalue weighted by molar-refractivity contribution is 6.31. The first-order chi connectivity index (χ1) is 15.9. The molecule has 1 saturated heterocycles. The van der Waals surface area contributed by atoms with E-state index >= 15 is 0 Å². The van der Waals surface area contributed by atoms with Crippen molar-refractivity contribution in [3.63, 3.8) is 0 Å².